The van der Waals surface area contributed by atoms with Gasteiger partial charge in [-0.2, -0.15) is 0 Å². The first-order valence-electron chi connectivity index (χ1n) is 8.04. The Morgan fingerprint density at radius 3 is 2.79 bits per heavy atom. The zero-order valence-electron chi connectivity index (χ0n) is 12.2. The van der Waals surface area contributed by atoms with Crippen molar-refractivity contribution in [2.75, 3.05) is 19.6 Å². The highest BCUT2D eigenvalue weighted by Gasteiger charge is 2.32. The summed E-state index contributed by atoms with van der Waals surface area (Å²) in [6.07, 6.45) is 8.59. The minimum absolute atomic E-state index is 0.168. The molecule has 1 aliphatic heterocycles. The molecule has 3 atom stereocenters. The lowest BCUT2D eigenvalue weighted by molar-refractivity contribution is -0.120. The van der Waals surface area contributed by atoms with Crippen LogP contribution in [-0.4, -0.2) is 37.6 Å². The van der Waals surface area contributed by atoms with E-state index >= 15 is 0 Å². The Bertz CT molecular complexity index is 277. The van der Waals surface area contributed by atoms with E-state index in [2.05, 4.69) is 16.0 Å². The van der Waals surface area contributed by atoms with Crippen molar-refractivity contribution in [3.8, 4) is 0 Å². The molecule has 2 aliphatic rings. The molecule has 19 heavy (non-hydrogen) atoms. The lowest BCUT2D eigenvalue weighted by Crippen LogP contribution is -2.47. The van der Waals surface area contributed by atoms with Gasteiger partial charge in [-0.15, -0.1) is 0 Å². The van der Waals surface area contributed by atoms with Crippen molar-refractivity contribution in [2.24, 2.45) is 5.92 Å². The van der Waals surface area contributed by atoms with Gasteiger partial charge in [0.15, 0.2) is 0 Å². The molecule has 1 saturated heterocycles. The summed E-state index contributed by atoms with van der Waals surface area (Å²) in [6.45, 7) is 4.71. The Kier molecular flexibility index (Phi) is 6.11. The van der Waals surface area contributed by atoms with Crippen molar-refractivity contribution < 1.29 is 4.79 Å². The molecule has 0 bridgehead atoms. The molecule has 0 aromatic carbocycles. The molecule has 0 aromatic heterocycles. The standard InChI is InChI=1S/C15H29N3O/c1-2-16-15(19)9-11-18-13-7-4-3-6-12(13)14-8-5-10-17-14/h12-14,17-18H,2-11H2,1H3,(H,16,19). The Balaban J connectivity index is 1.74. The minimum atomic E-state index is 0.168. The number of hydrogen-bond donors (Lipinski definition) is 3. The van der Waals surface area contributed by atoms with Crippen LogP contribution < -0.4 is 16.0 Å². The number of nitrogens with one attached hydrogen (secondary N) is 3. The van der Waals surface area contributed by atoms with Gasteiger partial charge in [0, 0.05) is 31.6 Å². The Labute approximate surface area is 117 Å². The largest absolute Gasteiger partial charge is 0.356 e. The third-order valence-corrected chi connectivity index (χ3v) is 4.57. The molecule has 0 radical (unpaired) electrons. The molecule has 4 nitrogen and oxygen atoms in total. The Morgan fingerprint density at radius 1 is 1.21 bits per heavy atom. The van der Waals surface area contributed by atoms with Crippen molar-refractivity contribution >= 4 is 5.91 Å². The summed E-state index contributed by atoms with van der Waals surface area (Å²) in [5.41, 5.74) is 0. The van der Waals surface area contributed by atoms with Crippen LogP contribution >= 0.6 is 0 Å². The van der Waals surface area contributed by atoms with Gasteiger partial charge in [-0.1, -0.05) is 12.8 Å². The molecule has 2 rings (SSSR count). The van der Waals surface area contributed by atoms with Gasteiger partial charge >= 0.3 is 0 Å². The first kappa shape index (κ1) is 14.8. The van der Waals surface area contributed by atoms with Crippen molar-refractivity contribution in [2.45, 2.75) is 64.0 Å². The van der Waals surface area contributed by atoms with E-state index in [4.69, 9.17) is 0 Å². The van der Waals surface area contributed by atoms with E-state index in [0.29, 0.717) is 18.5 Å². The van der Waals surface area contributed by atoms with Crippen molar-refractivity contribution in [1.29, 1.82) is 0 Å². The summed E-state index contributed by atoms with van der Waals surface area (Å²) in [5, 5.41) is 10.2. The van der Waals surface area contributed by atoms with Gasteiger partial charge in [0.05, 0.1) is 0 Å². The van der Waals surface area contributed by atoms with Crippen LogP contribution in [0.15, 0.2) is 0 Å². The monoisotopic (exact) mass is 267 g/mol. The second-order valence-electron chi connectivity index (χ2n) is 5.92. The summed E-state index contributed by atoms with van der Waals surface area (Å²) in [5.74, 6) is 0.937. The summed E-state index contributed by atoms with van der Waals surface area (Å²) >= 11 is 0. The Morgan fingerprint density at radius 2 is 2.05 bits per heavy atom. The maximum Gasteiger partial charge on any atom is 0.221 e. The van der Waals surface area contributed by atoms with Crippen LogP contribution in [0.4, 0.5) is 0 Å². The molecule has 1 aliphatic carbocycles. The molecule has 110 valence electrons. The number of amides is 1. The normalized spacial score (nSPS) is 31.3. The van der Waals surface area contributed by atoms with Crippen LogP contribution in [-0.2, 0) is 4.79 Å². The molecule has 4 heteroatoms. The maximum absolute atomic E-state index is 11.5. The van der Waals surface area contributed by atoms with Crippen LogP contribution in [0.1, 0.15) is 51.9 Å². The summed E-state index contributed by atoms with van der Waals surface area (Å²) in [7, 11) is 0. The van der Waals surface area contributed by atoms with Crippen molar-refractivity contribution in [1.82, 2.24) is 16.0 Å². The average Bonchev–Trinajstić information content (AvgIpc) is 2.93. The third kappa shape index (κ3) is 4.46. The molecular formula is C15H29N3O. The quantitative estimate of drug-likeness (QED) is 0.682. The van der Waals surface area contributed by atoms with Crippen molar-refractivity contribution in [3.05, 3.63) is 0 Å². The molecule has 3 N–H and O–H groups in total. The predicted molar refractivity (Wildman–Crippen MR) is 78.1 cm³/mol. The highest BCUT2D eigenvalue weighted by molar-refractivity contribution is 5.75. The second kappa shape index (κ2) is 7.85. The molecule has 3 unspecified atom stereocenters. The Hall–Kier alpha value is -0.610. The van der Waals surface area contributed by atoms with Gasteiger partial charge in [-0.3, -0.25) is 4.79 Å². The van der Waals surface area contributed by atoms with E-state index in [0.717, 1.165) is 19.0 Å². The molecule has 1 heterocycles. The van der Waals surface area contributed by atoms with Gasteiger partial charge in [0.2, 0.25) is 5.91 Å². The topological polar surface area (TPSA) is 53.2 Å². The van der Waals surface area contributed by atoms with Gasteiger partial charge in [0.25, 0.3) is 0 Å². The highest BCUT2D eigenvalue weighted by Crippen LogP contribution is 2.30. The lowest BCUT2D eigenvalue weighted by Gasteiger charge is -2.36. The predicted octanol–water partition coefficient (Wildman–Crippen LogP) is 1.41. The number of hydrogen-bond acceptors (Lipinski definition) is 3. The maximum atomic E-state index is 11.5. The lowest BCUT2D eigenvalue weighted by atomic mass is 9.79. The van der Waals surface area contributed by atoms with E-state index in [9.17, 15) is 4.79 Å². The average molecular weight is 267 g/mol. The van der Waals surface area contributed by atoms with Gasteiger partial charge in [-0.05, 0) is 45.1 Å². The van der Waals surface area contributed by atoms with E-state index in [-0.39, 0.29) is 5.91 Å². The fraction of sp³-hybridized carbons (Fsp3) is 0.933. The first-order chi connectivity index (χ1) is 9.31. The SMILES string of the molecule is CCNC(=O)CCNC1CCCCC1C1CCCN1. The minimum Gasteiger partial charge on any atom is -0.356 e. The van der Waals surface area contributed by atoms with E-state index in [1.807, 2.05) is 6.92 Å². The van der Waals surface area contributed by atoms with Crippen LogP contribution in [0.3, 0.4) is 0 Å². The summed E-state index contributed by atoms with van der Waals surface area (Å²) in [6, 6.07) is 1.32. The smallest absolute Gasteiger partial charge is 0.221 e. The third-order valence-electron chi connectivity index (χ3n) is 4.57. The number of carbonyl (C=O) groups excluding carboxylic acids is 1. The summed E-state index contributed by atoms with van der Waals surface area (Å²) < 4.78 is 0. The van der Waals surface area contributed by atoms with E-state index in [1.165, 1.54) is 45.1 Å². The van der Waals surface area contributed by atoms with E-state index in [1.54, 1.807) is 0 Å². The van der Waals surface area contributed by atoms with Crippen LogP contribution in [0.2, 0.25) is 0 Å². The number of carbonyl (C=O) groups is 1. The van der Waals surface area contributed by atoms with Gasteiger partial charge < -0.3 is 16.0 Å². The second-order valence-corrected chi connectivity index (χ2v) is 5.92. The highest BCUT2D eigenvalue weighted by atomic mass is 16.1. The first-order valence-corrected chi connectivity index (χ1v) is 8.04. The van der Waals surface area contributed by atoms with Gasteiger partial charge in [0.1, 0.15) is 0 Å². The van der Waals surface area contributed by atoms with Crippen molar-refractivity contribution in [3.63, 3.8) is 0 Å². The zero-order valence-corrected chi connectivity index (χ0v) is 12.2. The fourth-order valence-corrected chi connectivity index (χ4v) is 3.63. The molecule has 2 fully saturated rings. The van der Waals surface area contributed by atoms with E-state index < -0.39 is 0 Å². The molecule has 1 saturated carbocycles. The molecule has 1 amide bonds. The van der Waals surface area contributed by atoms with Gasteiger partial charge in [-0.25, -0.2) is 0 Å². The zero-order chi connectivity index (χ0) is 13.5. The molecular weight excluding hydrogens is 238 g/mol. The number of rotatable bonds is 6. The molecule has 0 spiro atoms. The van der Waals surface area contributed by atoms with Crippen LogP contribution in [0.5, 0.6) is 0 Å². The van der Waals surface area contributed by atoms with Crippen LogP contribution in [0.25, 0.3) is 0 Å². The molecule has 0 aromatic rings. The fourth-order valence-electron chi connectivity index (χ4n) is 3.63. The van der Waals surface area contributed by atoms with Crippen LogP contribution in [0, 0.1) is 5.92 Å². The summed E-state index contributed by atoms with van der Waals surface area (Å²) in [4.78, 5) is 11.5.